The van der Waals surface area contributed by atoms with Crippen LogP contribution in [-0.4, -0.2) is 25.2 Å². The molecule has 1 N–H and O–H groups in total. The van der Waals surface area contributed by atoms with Gasteiger partial charge in [-0.25, -0.2) is 0 Å². The lowest BCUT2D eigenvalue weighted by molar-refractivity contribution is 0.0910. The van der Waals surface area contributed by atoms with Crippen molar-refractivity contribution in [3.05, 3.63) is 24.3 Å². The molecule has 0 saturated heterocycles. The van der Waals surface area contributed by atoms with E-state index in [1.165, 1.54) is 0 Å². The molecule has 0 radical (unpaired) electrons. The minimum Gasteiger partial charge on any atom is -0.486 e. The van der Waals surface area contributed by atoms with E-state index in [0.29, 0.717) is 19.6 Å². The van der Waals surface area contributed by atoms with Crippen LogP contribution < -0.4 is 9.47 Å². The van der Waals surface area contributed by atoms with Crippen LogP contribution in [0.25, 0.3) is 0 Å². The predicted molar refractivity (Wildman–Crippen MR) is 60.3 cm³/mol. The molecule has 1 aromatic rings. The molecule has 4 heteroatoms. The van der Waals surface area contributed by atoms with E-state index < -0.39 is 0 Å². The quantitative estimate of drug-likeness (QED) is 0.629. The van der Waals surface area contributed by atoms with Gasteiger partial charge in [0.15, 0.2) is 17.4 Å². The topological polar surface area (TPSA) is 51.5 Å². The summed E-state index contributed by atoms with van der Waals surface area (Å²) in [7, 11) is 0. The summed E-state index contributed by atoms with van der Waals surface area (Å²) < 4.78 is 16.3. The summed E-state index contributed by atoms with van der Waals surface area (Å²) in [6.45, 7) is 2.84. The molecule has 0 fully saturated rings. The fourth-order valence-corrected chi connectivity index (χ4v) is 1.60. The Balaban J connectivity index is 1.95. The van der Waals surface area contributed by atoms with Crippen molar-refractivity contribution in [1.82, 2.24) is 0 Å². The summed E-state index contributed by atoms with van der Waals surface area (Å²) in [6.07, 6.45) is 0.316. The van der Waals surface area contributed by atoms with Crippen LogP contribution >= 0.6 is 0 Å². The number of rotatable bonds is 3. The molecular formula is C12H15NO3. The van der Waals surface area contributed by atoms with Crippen LogP contribution in [0.15, 0.2) is 24.3 Å². The maximum absolute atomic E-state index is 7.55. The first kappa shape index (κ1) is 10.8. The molecule has 0 aliphatic carbocycles. The molecule has 0 bridgehead atoms. The maximum atomic E-state index is 7.55. The van der Waals surface area contributed by atoms with E-state index >= 15 is 0 Å². The van der Waals surface area contributed by atoms with Gasteiger partial charge in [-0.15, -0.1) is 0 Å². The highest BCUT2D eigenvalue weighted by molar-refractivity contribution is 5.73. The molecule has 2 rings (SSSR count). The van der Waals surface area contributed by atoms with Crippen LogP contribution in [0.5, 0.6) is 11.5 Å². The van der Waals surface area contributed by atoms with Crippen LogP contribution in [-0.2, 0) is 4.74 Å². The number of ether oxygens (including phenoxy) is 3. The fourth-order valence-electron chi connectivity index (χ4n) is 1.60. The lowest BCUT2D eigenvalue weighted by atomic mass is 10.2. The Morgan fingerprint density at radius 1 is 1.44 bits per heavy atom. The van der Waals surface area contributed by atoms with Gasteiger partial charge in [-0.3, -0.25) is 5.41 Å². The van der Waals surface area contributed by atoms with Crippen molar-refractivity contribution >= 4 is 5.90 Å². The van der Waals surface area contributed by atoms with Gasteiger partial charge < -0.3 is 14.2 Å². The second kappa shape index (κ2) is 4.88. The number of hydrogen-bond acceptors (Lipinski definition) is 4. The summed E-state index contributed by atoms with van der Waals surface area (Å²) in [5, 5.41) is 7.55. The Kier molecular flexibility index (Phi) is 3.29. The molecule has 1 unspecified atom stereocenters. The van der Waals surface area contributed by atoms with Gasteiger partial charge in [-0.05, 0) is 19.1 Å². The van der Waals surface area contributed by atoms with E-state index in [1.54, 1.807) is 0 Å². The van der Waals surface area contributed by atoms with Gasteiger partial charge in [0.2, 0.25) is 0 Å². The monoisotopic (exact) mass is 221 g/mol. The Morgan fingerprint density at radius 3 is 2.94 bits per heavy atom. The van der Waals surface area contributed by atoms with Crippen molar-refractivity contribution in [3.8, 4) is 11.5 Å². The first-order chi connectivity index (χ1) is 7.79. The third-order valence-corrected chi connectivity index (χ3v) is 2.30. The van der Waals surface area contributed by atoms with Gasteiger partial charge in [0, 0.05) is 0 Å². The van der Waals surface area contributed by atoms with Gasteiger partial charge in [-0.2, -0.15) is 0 Å². The molecule has 16 heavy (non-hydrogen) atoms. The van der Waals surface area contributed by atoms with Crippen molar-refractivity contribution < 1.29 is 14.2 Å². The summed E-state index contributed by atoms with van der Waals surface area (Å²) in [5.41, 5.74) is 0. The summed E-state index contributed by atoms with van der Waals surface area (Å²) in [4.78, 5) is 0. The molecule has 1 aromatic carbocycles. The van der Waals surface area contributed by atoms with Gasteiger partial charge in [0.25, 0.3) is 0 Å². The van der Waals surface area contributed by atoms with E-state index in [0.717, 1.165) is 11.5 Å². The average molecular weight is 221 g/mol. The Labute approximate surface area is 94.6 Å². The molecule has 4 nitrogen and oxygen atoms in total. The van der Waals surface area contributed by atoms with E-state index in [-0.39, 0.29) is 12.0 Å². The first-order valence-corrected chi connectivity index (χ1v) is 5.38. The Morgan fingerprint density at radius 2 is 2.19 bits per heavy atom. The minimum atomic E-state index is -0.131. The second-order valence-electron chi connectivity index (χ2n) is 3.56. The van der Waals surface area contributed by atoms with Crippen molar-refractivity contribution in [2.75, 3.05) is 13.2 Å². The smallest absolute Gasteiger partial charge is 0.184 e. The van der Waals surface area contributed by atoms with Crippen molar-refractivity contribution in [1.29, 1.82) is 5.41 Å². The predicted octanol–water partition coefficient (Wildman–Crippen LogP) is 2.23. The molecular weight excluding hydrogens is 206 g/mol. The lowest BCUT2D eigenvalue weighted by Gasteiger charge is -2.26. The summed E-state index contributed by atoms with van der Waals surface area (Å²) in [5.74, 6) is 1.75. The van der Waals surface area contributed by atoms with E-state index in [9.17, 15) is 0 Å². The minimum absolute atomic E-state index is 0.131. The standard InChI is InChI=1S/C12H15NO3/c1-2-14-12(13)7-9-8-15-10-5-3-4-6-11(10)16-9/h3-6,9,13H,2,7-8H2,1H3. The molecule has 1 atom stereocenters. The number of fused-ring (bicyclic) bond motifs is 1. The molecule has 1 aliphatic rings. The van der Waals surface area contributed by atoms with Crippen LogP contribution in [0.1, 0.15) is 13.3 Å². The lowest BCUT2D eigenvalue weighted by Crippen LogP contribution is -2.31. The number of para-hydroxylation sites is 2. The van der Waals surface area contributed by atoms with Crippen LogP contribution in [0.4, 0.5) is 0 Å². The average Bonchev–Trinajstić information content (AvgIpc) is 2.29. The maximum Gasteiger partial charge on any atom is 0.184 e. The summed E-state index contributed by atoms with van der Waals surface area (Å²) >= 11 is 0. The third-order valence-electron chi connectivity index (χ3n) is 2.30. The molecule has 86 valence electrons. The number of benzene rings is 1. The van der Waals surface area contributed by atoms with Crippen molar-refractivity contribution in [2.24, 2.45) is 0 Å². The highest BCUT2D eigenvalue weighted by Crippen LogP contribution is 2.31. The zero-order valence-electron chi connectivity index (χ0n) is 9.23. The number of nitrogens with one attached hydrogen (secondary N) is 1. The number of hydrogen-bond donors (Lipinski definition) is 1. The first-order valence-electron chi connectivity index (χ1n) is 5.38. The largest absolute Gasteiger partial charge is 0.486 e. The molecule has 0 saturated carbocycles. The highest BCUT2D eigenvalue weighted by atomic mass is 16.6. The zero-order chi connectivity index (χ0) is 11.4. The molecule has 0 aromatic heterocycles. The zero-order valence-corrected chi connectivity index (χ0v) is 9.23. The molecule has 0 spiro atoms. The third kappa shape index (κ3) is 2.45. The second-order valence-corrected chi connectivity index (χ2v) is 3.56. The van der Waals surface area contributed by atoms with E-state index in [4.69, 9.17) is 19.6 Å². The molecule has 1 aliphatic heterocycles. The van der Waals surface area contributed by atoms with Gasteiger partial charge in [0.1, 0.15) is 12.7 Å². The molecule has 1 heterocycles. The summed E-state index contributed by atoms with van der Waals surface area (Å²) in [6, 6.07) is 7.55. The van der Waals surface area contributed by atoms with Crippen molar-refractivity contribution in [2.45, 2.75) is 19.4 Å². The Hall–Kier alpha value is -1.71. The van der Waals surface area contributed by atoms with Crippen LogP contribution in [0.2, 0.25) is 0 Å². The van der Waals surface area contributed by atoms with E-state index in [1.807, 2.05) is 31.2 Å². The highest BCUT2D eigenvalue weighted by Gasteiger charge is 2.22. The van der Waals surface area contributed by atoms with Crippen molar-refractivity contribution in [3.63, 3.8) is 0 Å². The van der Waals surface area contributed by atoms with Crippen LogP contribution in [0.3, 0.4) is 0 Å². The SMILES string of the molecule is CCOC(=N)CC1COc2ccccc2O1. The van der Waals surface area contributed by atoms with Gasteiger partial charge in [0.05, 0.1) is 13.0 Å². The van der Waals surface area contributed by atoms with E-state index in [2.05, 4.69) is 0 Å². The van der Waals surface area contributed by atoms with Crippen LogP contribution in [0, 0.1) is 5.41 Å². The normalized spacial score (nSPS) is 17.9. The molecule has 0 amide bonds. The van der Waals surface area contributed by atoms with Gasteiger partial charge >= 0.3 is 0 Å². The fraction of sp³-hybridized carbons (Fsp3) is 0.417. The Bertz CT molecular complexity index is 378. The van der Waals surface area contributed by atoms with Gasteiger partial charge in [-0.1, -0.05) is 12.1 Å².